The topological polar surface area (TPSA) is 108 Å². The third kappa shape index (κ3) is 5.21. The summed E-state index contributed by atoms with van der Waals surface area (Å²) in [6.45, 7) is 1.75. The highest BCUT2D eigenvalue weighted by Crippen LogP contribution is 2.44. The van der Waals surface area contributed by atoms with Crippen molar-refractivity contribution in [1.82, 2.24) is 15.5 Å². The van der Waals surface area contributed by atoms with Gasteiger partial charge in [-0.1, -0.05) is 48.5 Å². The Hall–Kier alpha value is -3.39. The number of rotatable bonds is 8. The van der Waals surface area contributed by atoms with E-state index in [4.69, 9.17) is 4.74 Å². The van der Waals surface area contributed by atoms with Crippen molar-refractivity contribution in [2.45, 2.75) is 24.9 Å². The number of likely N-dealkylation sites (N-methyl/N-ethyl adjacent to an activating group) is 1. The molecule has 0 aromatic heterocycles. The van der Waals surface area contributed by atoms with Gasteiger partial charge in [0.25, 0.3) is 0 Å². The van der Waals surface area contributed by atoms with Crippen LogP contribution in [-0.4, -0.2) is 67.3 Å². The van der Waals surface area contributed by atoms with Gasteiger partial charge in [-0.2, -0.15) is 0 Å². The molecule has 8 nitrogen and oxygen atoms in total. The molecule has 31 heavy (non-hydrogen) atoms. The molecule has 1 aliphatic carbocycles. The van der Waals surface area contributed by atoms with Crippen molar-refractivity contribution >= 4 is 18.0 Å². The number of ether oxygens (including phenoxy) is 1. The Morgan fingerprint density at radius 2 is 1.55 bits per heavy atom. The minimum Gasteiger partial charge on any atom is -0.480 e. The van der Waals surface area contributed by atoms with Crippen molar-refractivity contribution in [3.05, 3.63) is 59.7 Å². The van der Waals surface area contributed by atoms with Crippen LogP contribution in [0.15, 0.2) is 48.5 Å². The predicted molar refractivity (Wildman–Crippen MR) is 116 cm³/mol. The number of carbonyl (C=O) groups excluding carboxylic acids is 2. The summed E-state index contributed by atoms with van der Waals surface area (Å²) in [6, 6.07) is 14.0. The molecule has 2 unspecified atom stereocenters. The number of nitrogens with zero attached hydrogens (tertiary/aromatic N) is 1. The monoisotopic (exact) mass is 425 g/mol. The third-order valence-corrected chi connectivity index (χ3v) is 5.23. The first-order valence-corrected chi connectivity index (χ1v) is 10.1. The lowest BCUT2D eigenvalue weighted by Gasteiger charge is -2.21. The number of carbonyl (C=O) groups is 3. The van der Waals surface area contributed by atoms with Gasteiger partial charge < -0.3 is 25.4 Å². The Morgan fingerprint density at radius 1 is 1.00 bits per heavy atom. The van der Waals surface area contributed by atoms with Crippen molar-refractivity contribution in [2.24, 2.45) is 0 Å². The lowest BCUT2D eigenvalue weighted by molar-refractivity contribution is -0.142. The van der Waals surface area contributed by atoms with Gasteiger partial charge in [0, 0.05) is 12.5 Å². The second kappa shape index (κ2) is 9.61. The van der Waals surface area contributed by atoms with Gasteiger partial charge in [-0.25, -0.2) is 9.59 Å². The Bertz CT molecular complexity index is 930. The molecule has 1 aliphatic rings. The summed E-state index contributed by atoms with van der Waals surface area (Å²) in [7, 11) is 3.42. The molecule has 0 fully saturated rings. The van der Waals surface area contributed by atoms with Crippen molar-refractivity contribution < 1.29 is 24.2 Å². The molecular formula is C23H27N3O5. The third-order valence-electron chi connectivity index (χ3n) is 5.23. The highest BCUT2D eigenvalue weighted by Gasteiger charge is 2.30. The zero-order valence-electron chi connectivity index (χ0n) is 17.8. The van der Waals surface area contributed by atoms with Crippen LogP contribution in [0.1, 0.15) is 24.0 Å². The number of aliphatic carboxylic acids is 1. The second-order valence-electron chi connectivity index (χ2n) is 7.85. The summed E-state index contributed by atoms with van der Waals surface area (Å²) in [5, 5.41) is 14.1. The van der Waals surface area contributed by atoms with Gasteiger partial charge in [-0.15, -0.1) is 0 Å². The fraction of sp³-hybridized carbons (Fsp3) is 0.348. The summed E-state index contributed by atoms with van der Waals surface area (Å²) < 4.78 is 5.42. The number of carboxylic acid groups (broad SMARTS) is 1. The summed E-state index contributed by atoms with van der Waals surface area (Å²) in [4.78, 5) is 37.6. The number of hydrogen-bond acceptors (Lipinski definition) is 5. The SMILES string of the molecule is CC(NC(=O)OCC1c2ccccc2-c2ccccc21)C(=O)NC(CN(C)C)C(=O)O. The van der Waals surface area contributed by atoms with E-state index in [9.17, 15) is 19.5 Å². The highest BCUT2D eigenvalue weighted by molar-refractivity contribution is 5.89. The molecule has 0 heterocycles. The van der Waals surface area contributed by atoms with E-state index in [1.165, 1.54) is 6.92 Å². The van der Waals surface area contributed by atoms with E-state index in [2.05, 4.69) is 10.6 Å². The smallest absolute Gasteiger partial charge is 0.407 e. The maximum atomic E-state index is 12.3. The standard InChI is InChI=1S/C23H27N3O5/c1-14(21(27)25-20(22(28)29)12-26(2)3)24-23(30)31-13-19-17-10-6-4-8-15(17)16-9-5-7-11-18(16)19/h4-11,14,19-20H,12-13H2,1-3H3,(H,24,30)(H,25,27)(H,28,29). The molecule has 0 saturated heterocycles. The van der Waals surface area contributed by atoms with Gasteiger partial charge >= 0.3 is 12.1 Å². The molecule has 8 heteroatoms. The molecule has 2 aromatic rings. The Kier molecular flexibility index (Phi) is 6.91. The fourth-order valence-corrected chi connectivity index (χ4v) is 3.73. The molecule has 2 aromatic carbocycles. The molecule has 0 radical (unpaired) electrons. The van der Waals surface area contributed by atoms with Gasteiger partial charge in [0.15, 0.2) is 0 Å². The highest BCUT2D eigenvalue weighted by atomic mass is 16.5. The molecule has 2 amide bonds. The molecular weight excluding hydrogens is 398 g/mol. The first-order valence-electron chi connectivity index (χ1n) is 10.1. The minimum atomic E-state index is -1.14. The van der Waals surface area contributed by atoms with Crippen LogP contribution in [0.3, 0.4) is 0 Å². The number of hydrogen-bond donors (Lipinski definition) is 3. The van der Waals surface area contributed by atoms with Crippen LogP contribution < -0.4 is 10.6 Å². The van der Waals surface area contributed by atoms with Crippen molar-refractivity contribution in [1.29, 1.82) is 0 Å². The lowest BCUT2D eigenvalue weighted by atomic mass is 9.98. The first kappa shape index (κ1) is 22.3. The Labute approximate surface area is 181 Å². The van der Waals surface area contributed by atoms with Crippen LogP contribution in [0, 0.1) is 0 Å². The maximum Gasteiger partial charge on any atom is 0.407 e. The van der Waals surface area contributed by atoms with Crippen LogP contribution in [0.4, 0.5) is 4.79 Å². The number of fused-ring (bicyclic) bond motifs is 3. The number of benzene rings is 2. The molecule has 0 bridgehead atoms. The van der Waals surface area contributed by atoms with Gasteiger partial charge in [0.2, 0.25) is 5.91 Å². The number of alkyl carbamates (subject to hydrolysis) is 1. The van der Waals surface area contributed by atoms with E-state index in [1.807, 2.05) is 48.5 Å². The van der Waals surface area contributed by atoms with Crippen LogP contribution in [0.2, 0.25) is 0 Å². The van der Waals surface area contributed by atoms with Crippen LogP contribution in [-0.2, 0) is 14.3 Å². The quantitative estimate of drug-likeness (QED) is 0.597. The van der Waals surface area contributed by atoms with Crippen LogP contribution in [0.25, 0.3) is 11.1 Å². The normalized spacial score (nSPS) is 14.3. The van der Waals surface area contributed by atoms with E-state index in [0.717, 1.165) is 22.3 Å². The Morgan fingerprint density at radius 3 is 2.06 bits per heavy atom. The lowest BCUT2D eigenvalue weighted by Crippen LogP contribution is -2.53. The zero-order chi connectivity index (χ0) is 22.5. The van der Waals surface area contributed by atoms with E-state index in [0.29, 0.717) is 0 Å². The molecule has 0 spiro atoms. The van der Waals surface area contributed by atoms with Crippen molar-refractivity contribution in [3.63, 3.8) is 0 Å². The van der Waals surface area contributed by atoms with E-state index in [1.54, 1.807) is 19.0 Å². The van der Waals surface area contributed by atoms with Crippen LogP contribution >= 0.6 is 0 Å². The van der Waals surface area contributed by atoms with Gasteiger partial charge in [0.05, 0.1) is 0 Å². The number of amides is 2. The fourth-order valence-electron chi connectivity index (χ4n) is 3.73. The number of carboxylic acids is 1. The van der Waals surface area contributed by atoms with Gasteiger partial charge in [-0.3, -0.25) is 4.79 Å². The summed E-state index contributed by atoms with van der Waals surface area (Å²) >= 11 is 0. The molecule has 3 N–H and O–H groups in total. The summed E-state index contributed by atoms with van der Waals surface area (Å²) in [5.74, 6) is -1.82. The summed E-state index contributed by atoms with van der Waals surface area (Å²) in [6.07, 6.45) is -0.732. The van der Waals surface area contributed by atoms with Gasteiger partial charge in [-0.05, 0) is 43.3 Å². The van der Waals surface area contributed by atoms with E-state index >= 15 is 0 Å². The Balaban J connectivity index is 1.58. The van der Waals surface area contributed by atoms with E-state index < -0.39 is 30.1 Å². The molecule has 3 rings (SSSR count). The average Bonchev–Trinajstić information content (AvgIpc) is 3.05. The van der Waals surface area contributed by atoms with Crippen LogP contribution in [0.5, 0.6) is 0 Å². The maximum absolute atomic E-state index is 12.3. The van der Waals surface area contributed by atoms with Crippen molar-refractivity contribution in [2.75, 3.05) is 27.2 Å². The molecule has 0 saturated carbocycles. The van der Waals surface area contributed by atoms with Crippen molar-refractivity contribution in [3.8, 4) is 11.1 Å². The second-order valence-corrected chi connectivity index (χ2v) is 7.85. The number of nitrogens with one attached hydrogen (secondary N) is 2. The predicted octanol–water partition coefficient (Wildman–Crippen LogP) is 2.04. The molecule has 0 aliphatic heterocycles. The first-order chi connectivity index (χ1) is 14.8. The minimum absolute atomic E-state index is 0.0845. The van der Waals surface area contributed by atoms with Gasteiger partial charge in [0.1, 0.15) is 18.7 Å². The average molecular weight is 425 g/mol. The largest absolute Gasteiger partial charge is 0.480 e. The molecule has 164 valence electrons. The molecule has 2 atom stereocenters. The summed E-state index contributed by atoms with van der Waals surface area (Å²) in [5.41, 5.74) is 4.44. The van der Waals surface area contributed by atoms with E-state index in [-0.39, 0.29) is 19.1 Å². The zero-order valence-corrected chi connectivity index (χ0v) is 17.8.